The van der Waals surface area contributed by atoms with Gasteiger partial charge in [-0.2, -0.15) is 0 Å². The summed E-state index contributed by atoms with van der Waals surface area (Å²) in [6.07, 6.45) is 0.930. The summed E-state index contributed by atoms with van der Waals surface area (Å²) in [5, 5.41) is 8.84. The predicted octanol–water partition coefficient (Wildman–Crippen LogP) is 4.75. The number of nitrogens with zero attached hydrogens (tertiary/aromatic N) is 2. The Morgan fingerprint density at radius 2 is 1.96 bits per heavy atom. The van der Waals surface area contributed by atoms with E-state index in [2.05, 4.69) is 42.2 Å². The molecule has 0 saturated heterocycles. The third-order valence-corrected chi connectivity index (χ3v) is 5.13. The average molecular weight is 368 g/mol. The first kappa shape index (κ1) is 17.0. The smallest absolute Gasteiger partial charge is 0.277 e. The molecule has 1 aliphatic rings. The number of methoxy groups -OCH3 is 1. The summed E-state index contributed by atoms with van der Waals surface area (Å²) >= 11 is 1.51. The van der Waals surface area contributed by atoms with Crippen molar-refractivity contribution < 1.29 is 13.9 Å². The van der Waals surface area contributed by atoms with Gasteiger partial charge in [-0.15, -0.1) is 10.2 Å². The fourth-order valence-electron chi connectivity index (χ4n) is 3.13. The Hall–Kier alpha value is -2.47. The molecular weight excluding hydrogens is 348 g/mol. The van der Waals surface area contributed by atoms with Gasteiger partial charge in [0.05, 0.1) is 12.7 Å². The number of aromatic nitrogens is 2. The summed E-state index contributed by atoms with van der Waals surface area (Å²) in [6, 6.07) is 13.9. The van der Waals surface area contributed by atoms with Crippen LogP contribution in [0.25, 0.3) is 11.5 Å². The lowest BCUT2D eigenvalue weighted by molar-refractivity contribution is 0.137. The van der Waals surface area contributed by atoms with Gasteiger partial charge in [0.25, 0.3) is 11.1 Å². The van der Waals surface area contributed by atoms with Crippen molar-refractivity contribution in [3.8, 4) is 23.0 Å². The SMILES string of the molecule is COc1ccccc1-c1nnc(SCc2cccc3c2OC(C)(C)C3)o1. The van der Waals surface area contributed by atoms with Gasteiger partial charge in [-0.25, -0.2) is 0 Å². The van der Waals surface area contributed by atoms with E-state index in [1.54, 1.807) is 7.11 Å². The van der Waals surface area contributed by atoms with Crippen molar-refractivity contribution in [2.75, 3.05) is 7.11 Å². The van der Waals surface area contributed by atoms with Crippen LogP contribution in [0.5, 0.6) is 11.5 Å². The van der Waals surface area contributed by atoms with E-state index in [9.17, 15) is 0 Å². The highest BCUT2D eigenvalue weighted by Crippen LogP contribution is 2.40. The van der Waals surface area contributed by atoms with Crippen LogP contribution in [0.3, 0.4) is 0 Å². The summed E-state index contributed by atoms with van der Waals surface area (Å²) in [6.45, 7) is 4.23. The van der Waals surface area contributed by atoms with E-state index in [-0.39, 0.29) is 5.60 Å². The maximum absolute atomic E-state index is 6.12. The Labute approximate surface area is 156 Å². The predicted molar refractivity (Wildman–Crippen MR) is 101 cm³/mol. The van der Waals surface area contributed by atoms with Crippen molar-refractivity contribution in [2.45, 2.75) is 36.8 Å². The van der Waals surface area contributed by atoms with E-state index in [1.165, 1.54) is 17.3 Å². The molecule has 0 bridgehead atoms. The maximum atomic E-state index is 6.12. The van der Waals surface area contributed by atoms with Crippen molar-refractivity contribution in [2.24, 2.45) is 0 Å². The Kier molecular flexibility index (Phi) is 4.36. The molecule has 0 radical (unpaired) electrons. The highest BCUT2D eigenvalue weighted by molar-refractivity contribution is 7.98. The highest BCUT2D eigenvalue weighted by Gasteiger charge is 2.31. The van der Waals surface area contributed by atoms with Crippen LogP contribution in [0.1, 0.15) is 25.0 Å². The van der Waals surface area contributed by atoms with Gasteiger partial charge < -0.3 is 13.9 Å². The van der Waals surface area contributed by atoms with Gasteiger partial charge in [-0.05, 0) is 31.5 Å². The van der Waals surface area contributed by atoms with E-state index < -0.39 is 0 Å². The van der Waals surface area contributed by atoms with Gasteiger partial charge in [0.2, 0.25) is 0 Å². The van der Waals surface area contributed by atoms with Crippen LogP contribution in [0.2, 0.25) is 0 Å². The van der Waals surface area contributed by atoms with Crippen molar-refractivity contribution in [3.63, 3.8) is 0 Å². The molecule has 0 spiro atoms. The monoisotopic (exact) mass is 368 g/mol. The van der Waals surface area contributed by atoms with Crippen LogP contribution < -0.4 is 9.47 Å². The van der Waals surface area contributed by atoms with Gasteiger partial charge in [0, 0.05) is 17.7 Å². The molecule has 6 heteroatoms. The molecule has 134 valence electrons. The molecule has 1 aliphatic heterocycles. The normalized spacial score (nSPS) is 14.7. The van der Waals surface area contributed by atoms with Gasteiger partial charge in [0.1, 0.15) is 17.1 Å². The van der Waals surface area contributed by atoms with Crippen molar-refractivity contribution >= 4 is 11.8 Å². The lowest BCUT2D eigenvalue weighted by Crippen LogP contribution is -2.24. The number of hydrogen-bond donors (Lipinski definition) is 0. The quantitative estimate of drug-likeness (QED) is 0.606. The molecule has 0 unspecified atom stereocenters. The van der Waals surface area contributed by atoms with E-state index in [0.717, 1.165) is 23.3 Å². The summed E-state index contributed by atoms with van der Waals surface area (Å²) in [5.74, 6) is 2.88. The van der Waals surface area contributed by atoms with E-state index in [4.69, 9.17) is 13.9 Å². The standard InChI is InChI=1S/C20H20N2O3S/c1-20(2)11-13-7-6-8-14(17(13)25-20)12-26-19-22-21-18(24-19)15-9-4-5-10-16(15)23-3/h4-10H,11-12H2,1-3H3. The van der Waals surface area contributed by atoms with Crippen molar-refractivity contribution in [3.05, 3.63) is 53.6 Å². The molecule has 3 aromatic rings. The van der Waals surface area contributed by atoms with Crippen molar-refractivity contribution in [1.82, 2.24) is 10.2 Å². The number of benzene rings is 2. The molecule has 0 saturated carbocycles. The fourth-order valence-corrected chi connectivity index (χ4v) is 3.87. The van der Waals surface area contributed by atoms with Crippen LogP contribution in [-0.4, -0.2) is 22.9 Å². The van der Waals surface area contributed by atoms with Crippen molar-refractivity contribution in [1.29, 1.82) is 0 Å². The molecule has 0 amide bonds. The zero-order chi connectivity index (χ0) is 18.1. The summed E-state index contributed by atoms with van der Waals surface area (Å²) in [5.41, 5.74) is 3.05. The molecule has 2 heterocycles. The van der Waals surface area contributed by atoms with Crippen LogP contribution in [0.4, 0.5) is 0 Å². The molecule has 0 aliphatic carbocycles. The summed E-state index contributed by atoms with van der Waals surface area (Å²) in [7, 11) is 1.63. The molecule has 0 atom stereocenters. The van der Waals surface area contributed by atoms with Gasteiger partial charge in [-0.3, -0.25) is 0 Å². The molecule has 5 nitrogen and oxygen atoms in total. The Morgan fingerprint density at radius 1 is 1.12 bits per heavy atom. The zero-order valence-corrected chi connectivity index (χ0v) is 15.8. The van der Waals surface area contributed by atoms with E-state index >= 15 is 0 Å². The first-order chi connectivity index (χ1) is 12.6. The molecule has 26 heavy (non-hydrogen) atoms. The van der Waals surface area contributed by atoms with Gasteiger partial charge >= 0.3 is 0 Å². The number of hydrogen-bond acceptors (Lipinski definition) is 6. The topological polar surface area (TPSA) is 57.4 Å². The Balaban J connectivity index is 1.51. The molecule has 2 aromatic carbocycles. The third kappa shape index (κ3) is 3.29. The molecule has 0 N–H and O–H groups in total. The zero-order valence-electron chi connectivity index (χ0n) is 15.0. The first-order valence-corrected chi connectivity index (χ1v) is 9.44. The van der Waals surface area contributed by atoms with Gasteiger partial charge in [0.15, 0.2) is 0 Å². The number of fused-ring (bicyclic) bond motifs is 1. The number of thioether (sulfide) groups is 1. The second-order valence-electron chi connectivity index (χ2n) is 6.81. The lowest BCUT2D eigenvalue weighted by Gasteiger charge is -2.18. The summed E-state index contributed by atoms with van der Waals surface area (Å²) < 4.78 is 17.3. The second kappa shape index (κ2) is 6.68. The lowest BCUT2D eigenvalue weighted by atomic mass is 10.0. The average Bonchev–Trinajstić information content (AvgIpc) is 3.22. The molecule has 4 rings (SSSR count). The first-order valence-electron chi connectivity index (χ1n) is 8.45. The van der Waals surface area contributed by atoms with Crippen LogP contribution >= 0.6 is 11.8 Å². The number of ether oxygens (including phenoxy) is 2. The minimum absolute atomic E-state index is 0.148. The molecule has 0 fully saturated rings. The highest BCUT2D eigenvalue weighted by atomic mass is 32.2. The van der Waals surface area contributed by atoms with Gasteiger partial charge in [-0.1, -0.05) is 42.1 Å². The number of rotatable bonds is 5. The minimum Gasteiger partial charge on any atom is -0.496 e. The Morgan fingerprint density at radius 3 is 2.81 bits per heavy atom. The minimum atomic E-state index is -0.148. The maximum Gasteiger partial charge on any atom is 0.277 e. The van der Waals surface area contributed by atoms with Crippen LogP contribution in [-0.2, 0) is 12.2 Å². The molecular formula is C20H20N2O3S. The van der Waals surface area contributed by atoms with Crippen LogP contribution in [0.15, 0.2) is 52.1 Å². The molecule has 1 aromatic heterocycles. The summed E-state index contributed by atoms with van der Waals surface area (Å²) in [4.78, 5) is 0. The largest absolute Gasteiger partial charge is 0.496 e. The Bertz CT molecular complexity index is 936. The van der Waals surface area contributed by atoms with Crippen LogP contribution in [0, 0.1) is 0 Å². The number of para-hydroxylation sites is 2. The van der Waals surface area contributed by atoms with E-state index in [1.807, 2.05) is 24.3 Å². The second-order valence-corrected chi connectivity index (χ2v) is 7.73. The fraction of sp³-hybridized carbons (Fsp3) is 0.300. The third-order valence-electron chi connectivity index (χ3n) is 4.27. The van der Waals surface area contributed by atoms with E-state index in [0.29, 0.717) is 22.6 Å².